The quantitative estimate of drug-likeness (QED) is 0.877. The topological polar surface area (TPSA) is 65.7 Å². The number of hydroxylamine groups is 2. The van der Waals surface area contributed by atoms with Gasteiger partial charge in [-0.3, -0.25) is 4.79 Å². The molecule has 0 saturated carbocycles. The van der Waals surface area contributed by atoms with Gasteiger partial charge in [0.1, 0.15) is 0 Å². The molecular formula is C13H21ClN2O3. The van der Waals surface area contributed by atoms with Crippen molar-refractivity contribution in [2.45, 2.75) is 51.2 Å². The Hall–Kier alpha value is -1.04. The van der Waals surface area contributed by atoms with E-state index in [2.05, 4.69) is 5.32 Å². The van der Waals surface area contributed by atoms with Crippen LogP contribution in [0.15, 0.2) is 22.8 Å². The summed E-state index contributed by atoms with van der Waals surface area (Å²) in [6.45, 7) is 7.73. The molecular weight excluding hydrogens is 268 g/mol. The van der Waals surface area contributed by atoms with Crippen LogP contribution >= 0.6 is 12.4 Å². The minimum absolute atomic E-state index is 0. The average Bonchev–Trinajstić information content (AvgIpc) is 2.83. The van der Waals surface area contributed by atoms with E-state index < -0.39 is 5.54 Å². The van der Waals surface area contributed by atoms with Crippen LogP contribution in [0.5, 0.6) is 0 Å². The average molecular weight is 289 g/mol. The van der Waals surface area contributed by atoms with E-state index >= 15 is 0 Å². The van der Waals surface area contributed by atoms with Crippen LogP contribution in [0.4, 0.5) is 0 Å². The predicted molar refractivity (Wildman–Crippen MR) is 73.6 cm³/mol. The first-order valence-corrected chi connectivity index (χ1v) is 6.09. The number of nitrogens with zero attached hydrogens (tertiary/aromatic N) is 1. The van der Waals surface area contributed by atoms with Gasteiger partial charge in [0, 0.05) is 5.54 Å². The summed E-state index contributed by atoms with van der Waals surface area (Å²) in [6.07, 6.45) is 2.15. The lowest BCUT2D eigenvalue weighted by molar-refractivity contribution is -0.193. The molecule has 1 amide bonds. The number of furan rings is 1. The molecule has 1 unspecified atom stereocenters. The van der Waals surface area contributed by atoms with Crippen molar-refractivity contribution in [2.24, 2.45) is 0 Å². The summed E-state index contributed by atoms with van der Waals surface area (Å²) in [6, 6.07) is 3.17. The first-order chi connectivity index (χ1) is 8.25. The lowest BCUT2D eigenvalue weighted by Gasteiger charge is -2.35. The van der Waals surface area contributed by atoms with E-state index in [-0.39, 0.29) is 29.9 Å². The first kappa shape index (κ1) is 16.0. The molecule has 0 bridgehead atoms. The Kier molecular flexibility index (Phi) is 4.34. The van der Waals surface area contributed by atoms with E-state index in [1.807, 2.05) is 27.7 Å². The normalized spacial score (nSPS) is 24.8. The molecule has 1 aliphatic heterocycles. The monoisotopic (exact) mass is 288 g/mol. The predicted octanol–water partition coefficient (Wildman–Crippen LogP) is 2.45. The summed E-state index contributed by atoms with van der Waals surface area (Å²) in [7, 11) is 0. The van der Waals surface area contributed by atoms with Gasteiger partial charge < -0.3 is 14.9 Å². The van der Waals surface area contributed by atoms with Crippen molar-refractivity contribution < 1.29 is 14.4 Å². The minimum atomic E-state index is -0.508. The molecule has 0 aliphatic carbocycles. The zero-order valence-electron chi connectivity index (χ0n) is 11.6. The van der Waals surface area contributed by atoms with Gasteiger partial charge in [-0.25, -0.2) is 0 Å². The summed E-state index contributed by atoms with van der Waals surface area (Å²) in [5, 5.41) is 14.4. The van der Waals surface area contributed by atoms with Gasteiger partial charge in [0.15, 0.2) is 5.76 Å². The second-order valence-corrected chi connectivity index (χ2v) is 5.99. The minimum Gasteiger partial charge on any atom is -0.459 e. The number of hydrogen-bond acceptors (Lipinski definition) is 4. The second-order valence-electron chi connectivity index (χ2n) is 5.99. The Morgan fingerprint density at radius 1 is 1.47 bits per heavy atom. The van der Waals surface area contributed by atoms with E-state index in [0.717, 1.165) is 0 Å². The highest BCUT2D eigenvalue weighted by atomic mass is 35.5. The van der Waals surface area contributed by atoms with Gasteiger partial charge >= 0.3 is 0 Å². The highest BCUT2D eigenvalue weighted by molar-refractivity contribution is 5.91. The summed E-state index contributed by atoms with van der Waals surface area (Å²) < 4.78 is 5.06. The molecule has 0 spiro atoms. The number of carbonyl (C=O) groups excluding carboxylic acids is 1. The van der Waals surface area contributed by atoms with Gasteiger partial charge in [-0.15, -0.1) is 12.4 Å². The lowest BCUT2D eigenvalue weighted by atomic mass is 9.94. The number of halogens is 1. The molecule has 1 aliphatic rings. The maximum absolute atomic E-state index is 12.0. The van der Waals surface area contributed by atoms with Crippen LogP contribution in [0.25, 0.3) is 0 Å². The molecule has 2 rings (SSSR count). The Morgan fingerprint density at radius 3 is 2.53 bits per heavy atom. The smallest absolute Gasteiger partial charge is 0.287 e. The van der Waals surface area contributed by atoms with E-state index in [9.17, 15) is 10.0 Å². The Balaban J connectivity index is 0.00000180. The van der Waals surface area contributed by atoms with Gasteiger partial charge in [-0.2, -0.15) is 5.06 Å². The van der Waals surface area contributed by atoms with Crippen LogP contribution in [-0.2, 0) is 0 Å². The Bertz CT molecular complexity index is 443. The standard InChI is InChI=1S/C13H20N2O3.ClH/c1-12(2)8-10(13(3,4)15(12)17)14-11(16)9-6-5-7-18-9;/h5-7,10,17H,8H2,1-4H3,(H,14,16);1H. The van der Waals surface area contributed by atoms with Gasteiger partial charge in [0.2, 0.25) is 0 Å². The third-order valence-corrected chi connectivity index (χ3v) is 3.73. The van der Waals surface area contributed by atoms with Gasteiger partial charge in [0.05, 0.1) is 17.8 Å². The van der Waals surface area contributed by atoms with Crippen molar-refractivity contribution in [2.75, 3.05) is 0 Å². The van der Waals surface area contributed by atoms with E-state index in [1.165, 1.54) is 11.3 Å². The van der Waals surface area contributed by atoms with Crippen LogP contribution < -0.4 is 5.32 Å². The second kappa shape index (κ2) is 5.15. The fraction of sp³-hybridized carbons (Fsp3) is 0.615. The fourth-order valence-corrected chi connectivity index (χ4v) is 2.63. The summed E-state index contributed by atoms with van der Waals surface area (Å²) in [4.78, 5) is 12.0. The third kappa shape index (κ3) is 2.78. The molecule has 1 aromatic rings. The molecule has 1 atom stereocenters. The van der Waals surface area contributed by atoms with Crippen LogP contribution in [0, 0.1) is 0 Å². The summed E-state index contributed by atoms with van der Waals surface area (Å²) >= 11 is 0. The molecule has 108 valence electrons. The van der Waals surface area contributed by atoms with Crippen LogP contribution in [-0.4, -0.2) is 33.3 Å². The van der Waals surface area contributed by atoms with Crippen molar-refractivity contribution in [3.8, 4) is 0 Å². The number of amides is 1. The zero-order chi connectivity index (χ0) is 13.6. The van der Waals surface area contributed by atoms with Crippen molar-refractivity contribution in [3.63, 3.8) is 0 Å². The number of hydrogen-bond donors (Lipinski definition) is 2. The van der Waals surface area contributed by atoms with Gasteiger partial charge in [0.25, 0.3) is 5.91 Å². The molecule has 19 heavy (non-hydrogen) atoms. The maximum Gasteiger partial charge on any atom is 0.287 e. The van der Waals surface area contributed by atoms with Crippen LogP contribution in [0.3, 0.4) is 0 Å². The fourth-order valence-electron chi connectivity index (χ4n) is 2.63. The molecule has 1 saturated heterocycles. The van der Waals surface area contributed by atoms with Crippen LogP contribution in [0.1, 0.15) is 44.7 Å². The number of nitrogens with one attached hydrogen (secondary N) is 1. The SMILES string of the molecule is CC1(C)CC(NC(=O)c2ccco2)C(C)(C)N1O.Cl. The number of rotatable bonds is 2. The lowest BCUT2D eigenvalue weighted by Crippen LogP contribution is -2.53. The van der Waals surface area contributed by atoms with Crippen molar-refractivity contribution in [1.82, 2.24) is 10.4 Å². The summed E-state index contributed by atoms with van der Waals surface area (Å²) in [5.74, 6) is 0.0455. The Labute approximate surface area is 119 Å². The van der Waals surface area contributed by atoms with Crippen molar-refractivity contribution in [1.29, 1.82) is 0 Å². The molecule has 0 aromatic carbocycles. The van der Waals surface area contributed by atoms with Gasteiger partial charge in [-0.05, 0) is 46.2 Å². The van der Waals surface area contributed by atoms with Crippen LogP contribution in [0.2, 0.25) is 0 Å². The molecule has 0 radical (unpaired) electrons. The van der Waals surface area contributed by atoms with E-state index in [0.29, 0.717) is 12.2 Å². The van der Waals surface area contributed by atoms with Gasteiger partial charge in [-0.1, -0.05) is 0 Å². The van der Waals surface area contributed by atoms with Crippen molar-refractivity contribution in [3.05, 3.63) is 24.2 Å². The zero-order valence-corrected chi connectivity index (χ0v) is 12.5. The maximum atomic E-state index is 12.0. The molecule has 2 N–H and O–H groups in total. The van der Waals surface area contributed by atoms with E-state index in [4.69, 9.17) is 4.42 Å². The third-order valence-electron chi connectivity index (χ3n) is 3.73. The molecule has 2 heterocycles. The number of carbonyl (C=O) groups is 1. The molecule has 5 nitrogen and oxygen atoms in total. The first-order valence-electron chi connectivity index (χ1n) is 6.09. The highest BCUT2D eigenvalue weighted by Crippen LogP contribution is 2.39. The van der Waals surface area contributed by atoms with Crippen molar-refractivity contribution >= 4 is 18.3 Å². The highest BCUT2D eigenvalue weighted by Gasteiger charge is 2.51. The molecule has 1 fully saturated rings. The largest absolute Gasteiger partial charge is 0.459 e. The molecule has 1 aromatic heterocycles. The van der Waals surface area contributed by atoms with E-state index in [1.54, 1.807) is 12.1 Å². The summed E-state index contributed by atoms with van der Waals surface area (Å²) in [5.41, 5.74) is -0.865. The Morgan fingerprint density at radius 2 is 2.11 bits per heavy atom. The molecule has 6 heteroatoms.